The molecule has 0 unspecified atom stereocenters. The van der Waals surface area contributed by atoms with Crippen LogP contribution in [-0.2, 0) is 0 Å². The third-order valence-electron chi connectivity index (χ3n) is 3.62. The summed E-state index contributed by atoms with van der Waals surface area (Å²) in [6.45, 7) is 0. The minimum absolute atomic E-state index is 0.280. The Morgan fingerprint density at radius 3 is 2.54 bits per heavy atom. The Bertz CT molecular complexity index is 962. The first-order valence-corrected chi connectivity index (χ1v) is 7.86. The first-order chi connectivity index (χ1) is 12.7. The highest BCUT2D eigenvalue weighted by Gasteiger charge is 2.09. The number of carbonyl (C=O) groups excluding carboxylic acids is 1. The molecule has 26 heavy (non-hydrogen) atoms. The number of aromatic nitrogens is 1. The zero-order valence-electron chi connectivity index (χ0n) is 14.1. The third-order valence-corrected chi connectivity index (χ3v) is 3.62. The van der Waals surface area contributed by atoms with Crippen molar-refractivity contribution in [2.75, 3.05) is 17.7 Å². The van der Waals surface area contributed by atoms with Crippen LogP contribution in [0.3, 0.4) is 0 Å². The van der Waals surface area contributed by atoms with E-state index in [2.05, 4.69) is 21.7 Å². The highest BCUT2D eigenvalue weighted by atomic mass is 16.5. The number of nitrogens with zero attached hydrogens (tertiary/aromatic N) is 2. The molecule has 1 heterocycles. The zero-order chi connectivity index (χ0) is 18.4. The lowest BCUT2D eigenvalue weighted by molar-refractivity contribution is 0.102. The van der Waals surface area contributed by atoms with E-state index in [1.54, 1.807) is 67.9 Å². The minimum Gasteiger partial charge on any atom is -0.497 e. The first-order valence-electron chi connectivity index (χ1n) is 7.86. The lowest BCUT2D eigenvalue weighted by Crippen LogP contribution is -2.13. The van der Waals surface area contributed by atoms with E-state index < -0.39 is 0 Å². The molecule has 3 rings (SSSR count). The number of carbonyl (C=O) groups is 1. The molecule has 0 fully saturated rings. The van der Waals surface area contributed by atoms with E-state index in [-0.39, 0.29) is 11.6 Å². The van der Waals surface area contributed by atoms with Gasteiger partial charge in [0.15, 0.2) is 0 Å². The van der Waals surface area contributed by atoms with Crippen LogP contribution < -0.4 is 15.4 Å². The van der Waals surface area contributed by atoms with Crippen LogP contribution in [-0.4, -0.2) is 18.0 Å². The van der Waals surface area contributed by atoms with Gasteiger partial charge in [0.25, 0.3) is 5.91 Å². The second kappa shape index (κ2) is 7.81. The molecule has 0 aliphatic heterocycles. The fourth-order valence-electron chi connectivity index (χ4n) is 2.34. The number of hydrogen-bond acceptors (Lipinski definition) is 5. The van der Waals surface area contributed by atoms with E-state index in [4.69, 9.17) is 10.00 Å². The number of rotatable bonds is 5. The molecular weight excluding hydrogens is 328 g/mol. The van der Waals surface area contributed by atoms with Crippen molar-refractivity contribution in [3.8, 4) is 11.8 Å². The average Bonchev–Trinajstić information content (AvgIpc) is 2.69. The monoisotopic (exact) mass is 344 g/mol. The van der Waals surface area contributed by atoms with Gasteiger partial charge in [-0.15, -0.1) is 0 Å². The second-order valence-electron chi connectivity index (χ2n) is 5.43. The van der Waals surface area contributed by atoms with Crippen molar-refractivity contribution in [3.05, 3.63) is 78.1 Å². The van der Waals surface area contributed by atoms with E-state index in [1.807, 2.05) is 6.07 Å². The van der Waals surface area contributed by atoms with Crippen molar-refractivity contribution in [3.63, 3.8) is 0 Å². The van der Waals surface area contributed by atoms with E-state index in [0.29, 0.717) is 22.7 Å². The zero-order valence-corrected chi connectivity index (χ0v) is 14.1. The second-order valence-corrected chi connectivity index (χ2v) is 5.43. The highest BCUT2D eigenvalue weighted by molar-refractivity contribution is 6.03. The molecule has 1 amide bonds. The molecule has 1 aromatic heterocycles. The van der Waals surface area contributed by atoms with Crippen LogP contribution >= 0.6 is 0 Å². The maximum Gasteiger partial charge on any atom is 0.274 e. The van der Waals surface area contributed by atoms with Crippen LogP contribution in [0.25, 0.3) is 0 Å². The molecule has 2 aromatic carbocycles. The summed E-state index contributed by atoms with van der Waals surface area (Å²) in [5.41, 5.74) is 2.95. The van der Waals surface area contributed by atoms with Gasteiger partial charge in [-0.25, -0.2) is 0 Å². The fraction of sp³-hybridized carbons (Fsp3) is 0.0500. The van der Waals surface area contributed by atoms with Crippen molar-refractivity contribution in [2.24, 2.45) is 0 Å². The summed E-state index contributed by atoms with van der Waals surface area (Å²) in [6, 6.07) is 19.6. The summed E-state index contributed by atoms with van der Waals surface area (Å²) in [6.07, 6.45) is 1.55. The lowest BCUT2D eigenvalue weighted by Gasteiger charge is -2.09. The lowest BCUT2D eigenvalue weighted by atomic mass is 10.2. The van der Waals surface area contributed by atoms with Crippen molar-refractivity contribution < 1.29 is 9.53 Å². The van der Waals surface area contributed by atoms with Crippen LogP contribution in [0.1, 0.15) is 16.1 Å². The maximum atomic E-state index is 12.4. The van der Waals surface area contributed by atoms with Crippen molar-refractivity contribution in [1.29, 1.82) is 5.26 Å². The quantitative estimate of drug-likeness (QED) is 0.731. The van der Waals surface area contributed by atoms with Crippen LogP contribution in [0.2, 0.25) is 0 Å². The summed E-state index contributed by atoms with van der Waals surface area (Å²) < 4.78 is 5.09. The van der Waals surface area contributed by atoms with Crippen LogP contribution in [0, 0.1) is 11.3 Å². The first kappa shape index (κ1) is 17.0. The smallest absolute Gasteiger partial charge is 0.274 e. The molecule has 0 aliphatic rings. The molecule has 6 heteroatoms. The number of methoxy groups -OCH3 is 1. The molecule has 2 N–H and O–H groups in total. The van der Waals surface area contributed by atoms with Crippen molar-refractivity contribution in [1.82, 2.24) is 4.98 Å². The molecule has 6 nitrogen and oxygen atoms in total. The molecule has 3 aromatic rings. The fourth-order valence-corrected chi connectivity index (χ4v) is 2.34. The minimum atomic E-state index is -0.315. The predicted octanol–water partition coefficient (Wildman–Crippen LogP) is 3.96. The number of nitrogens with one attached hydrogen (secondary N) is 2. The predicted molar refractivity (Wildman–Crippen MR) is 99.6 cm³/mol. The Balaban J connectivity index is 1.73. The Labute approximate surface area is 151 Å². The van der Waals surface area contributed by atoms with Gasteiger partial charge in [0.2, 0.25) is 0 Å². The molecular formula is C20H16N4O2. The molecule has 128 valence electrons. The van der Waals surface area contributed by atoms with Crippen LogP contribution in [0.4, 0.5) is 17.1 Å². The number of hydrogen-bond donors (Lipinski definition) is 2. The average molecular weight is 344 g/mol. The van der Waals surface area contributed by atoms with E-state index in [1.165, 1.54) is 0 Å². The normalized spacial score (nSPS) is 9.85. The summed E-state index contributed by atoms with van der Waals surface area (Å²) in [5, 5.41) is 14.9. The molecule has 0 atom stereocenters. The largest absolute Gasteiger partial charge is 0.497 e. The standard InChI is InChI=1S/C20H16N4O2/c1-26-18-7-5-15(6-8-18)24-20(25)19-12-17(9-10-22-19)23-16-4-2-3-14(11-16)13-21/h2-12H,1H3,(H,22,23)(H,24,25). The topological polar surface area (TPSA) is 87.0 Å². The van der Waals surface area contributed by atoms with Gasteiger partial charge in [-0.1, -0.05) is 6.07 Å². The van der Waals surface area contributed by atoms with Crippen molar-refractivity contribution >= 4 is 23.0 Å². The Hall–Kier alpha value is -3.85. The number of amides is 1. The summed E-state index contributed by atoms with van der Waals surface area (Å²) >= 11 is 0. The van der Waals surface area contributed by atoms with Gasteiger partial charge >= 0.3 is 0 Å². The third kappa shape index (κ3) is 4.16. The van der Waals surface area contributed by atoms with Gasteiger partial charge in [-0.2, -0.15) is 5.26 Å². The number of anilines is 3. The van der Waals surface area contributed by atoms with Gasteiger partial charge in [0.1, 0.15) is 11.4 Å². The van der Waals surface area contributed by atoms with Crippen LogP contribution in [0.15, 0.2) is 66.9 Å². The molecule has 0 saturated carbocycles. The number of nitriles is 1. The van der Waals surface area contributed by atoms with Gasteiger partial charge in [0.05, 0.1) is 18.7 Å². The Morgan fingerprint density at radius 2 is 1.81 bits per heavy atom. The number of ether oxygens (including phenoxy) is 1. The van der Waals surface area contributed by atoms with E-state index in [9.17, 15) is 4.79 Å². The summed E-state index contributed by atoms with van der Waals surface area (Å²) in [4.78, 5) is 16.5. The number of pyridine rings is 1. The molecule has 0 bridgehead atoms. The van der Waals surface area contributed by atoms with E-state index in [0.717, 1.165) is 5.69 Å². The van der Waals surface area contributed by atoms with Gasteiger partial charge < -0.3 is 15.4 Å². The molecule has 0 radical (unpaired) electrons. The maximum absolute atomic E-state index is 12.4. The van der Waals surface area contributed by atoms with Gasteiger partial charge in [-0.3, -0.25) is 9.78 Å². The summed E-state index contributed by atoms with van der Waals surface area (Å²) in [5.74, 6) is 0.400. The number of benzene rings is 2. The molecule has 0 aliphatic carbocycles. The van der Waals surface area contributed by atoms with Crippen LogP contribution in [0.5, 0.6) is 5.75 Å². The Morgan fingerprint density at radius 1 is 1.04 bits per heavy atom. The molecule has 0 spiro atoms. The van der Waals surface area contributed by atoms with Gasteiger partial charge in [0, 0.05) is 23.3 Å². The highest BCUT2D eigenvalue weighted by Crippen LogP contribution is 2.19. The molecule has 0 saturated heterocycles. The van der Waals surface area contributed by atoms with Gasteiger partial charge in [-0.05, 0) is 54.6 Å². The Kier molecular flexibility index (Phi) is 5.11. The summed E-state index contributed by atoms with van der Waals surface area (Å²) in [7, 11) is 1.59. The van der Waals surface area contributed by atoms with E-state index >= 15 is 0 Å². The SMILES string of the molecule is COc1ccc(NC(=O)c2cc(Nc3cccc(C#N)c3)ccn2)cc1. The van der Waals surface area contributed by atoms with Crippen molar-refractivity contribution in [2.45, 2.75) is 0 Å².